The highest BCUT2D eigenvalue weighted by molar-refractivity contribution is 5.96. The van der Waals surface area contributed by atoms with Gasteiger partial charge in [-0.1, -0.05) is 6.07 Å². The minimum atomic E-state index is -0.243. The van der Waals surface area contributed by atoms with Crippen LogP contribution < -0.4 is 14.8 Å². The highest BCUT2D eigenvalue weighted by Gasteiger charge is 2.06. The van der Waals surface area contributed by atoms with Crippen molar-refractivity contribution in [3.8, 4) is 11.5 Å². The Morgan fingerprint density at radius 2 is 1.84 bits per heavy atom. The number of methoxy groups -OCH3 is 2. The number of Topliss-reactive ketones (excluding diaryl/α,β-unsaturated/α-hetero) is 1. The summed E-state index contributed by atoms with van der Waals surface area (Å²) >= 11 is 0. The van der Waals surface area contributed by atoms with Crippen molar-refractivity contribution in [1.29, 1.82) is 0 Å². The minimum absolute atomic E-state index is 0.0636. The SMILES string of the molecule is COc1ccc(CCNC(=O)CC(C)=O)cc1OC. The molecular weight excluding hydrogens is 246 g/mol. The summed E-state index contributed by atoms with van der Waals surface area (Å²) in [5.41, 5.74) is 1.03. The van der Waals surface area contributed by atoms with E-state index in [1.165, 1.54) is 6.92 Å². The van der Waals surface area contributed by atoms with E-state index in [4.69, 9.17) is 9.47 Å². The molecule has 0 spiro atoms. The lowest BCUT2D eigenvalue weighted by molar-refractivity contribution is -0.127. The summed E-state index contributed by atoms with van der Waals surface area (Å²) in [5.74, 6) is 0.957. The Morgan fingerprint density at radius 3 is 2.42 bits per heavy atom. The molecule has 5 nitrogen and oxygen atoms in total. The van der Waals surface area contributed by atoms with Crippen LogP contribution in [0.1, 0.15) is 18.9 Å². The van der Waals surface area contributed by atoms with Gasteiger partial charge in [0.25, 0.3) is 0 Å². The van der Waals surface area contributed by atoms with Crippen molar-refractivity contribution in [2.75, 3.05) is 20.8 Å². The normalized spacial score (nSPS) is 9.84. The largest absolute Gasteiger partial charge is 0.493 e. The van der Waals surface area contributed by atoms with E-state index in [2.05, 4.69) is 5.32 Å². The average Bonchev–Trinajstić information content (AvgIpc) is 2.37. The number of rotatable bonds is 7. The van der Waals surface area contributed by atoms with Crippen LogP contribution in [0.5, 0.6) is 11.5 Å². The zero-order valence-electron chi connectivity index (χ0n) is 11.5. The van der Waals surface area contributed by atoms with Gasteiger partial charge < -0.3 is 14.8 Å². The standard InChI is InChI=1S/C14H19NO4/c1-10(16)8-14(17)15-7-6-11-4-5-12(18-2)13(9-11)19-3/h4-5,9H,6-8H2,1-3H3,(H,15,17). The summed E-state index contributed by atoms with van der Waals surface area (Å²) in [6.07, 6.45) is 0.607. The third-order valence-corrected chi connectivity index (χ3v) is 2.59. The first-order valence-corrected chi connectivity index (χ1v) is 6.04. The second-order valence-corrected chi connectivity index (χ2v) is 4.17. The molecule has 1 aromatic rings. The molecule has 0 heterocycles. The zero-order chi connectivity index (χ0) is 14.3. The van der Waals surface area contributed by atoms with E-state index in [0.29, 0.717) is 24.5 Å². The molecular formula is C14H19NO4. The third-order valence-electron chi connectivity index (χ3n) is 2.59. The number of ether oxygens (including phenoxy) is 2. The van der Waals surface area contributed by atoms with Crippen molar-refractivity contribution in [3.05, 3.63) is 23.8 Å². The van der Waals surface area contributed by atoms with Gasteiger partial charge in [-0.3, -0.25) is 9.59 Å². The predicted molar refractivity (Wildman–Crippen MR) is 71.6 cm³/mol. The molecule has 0 aliphatic carbocycles. The van der Waals surface area contributed by atoms with Crippen LogP contribution in [-0.2, 0) is 16.0 Å². The molecule has 0 saturated heterocycles. The first-order valence-electron chi connectivity index (χ1n) is 6.04. The Hall–Kier alpha value is -2.04. The topological polar surface area (TPSA) is 64.6 Å². The maximum Gasteiger partial charge on any atom is 0.227 e. The Balaban J connectivity index is 2.49. The molecule has 0 fully saturated rings. The van der Waals surface area contributed by atoms with Crippen LogP contribution in [0.25, 0.3) is 0 Å². The lowest BCUT2D eigenvalue weighted by atomic mass is 10.1. The fraction of sp³-hybridized carbons (Fsp3) is 0.429. The summed E-state index contributed by atoms with van der Waals surface area (Å²) in [4.78, 5) is 22.0. The van der Waals surface area contributed by atoms with Crippen LogP contribution in [0.15, 0.2) is 18.2 Å². The molecule has 0 atom stereocenters. The zero-order valence-corrected chi connectivity index (χ0v) is 11.5. The summed E-state index contributed by atoms with van der Waals surface area (Å²) in [6.45, 7) is 1.88. The van der Waals surface area contributed by atoms with Gasteiger partial charge in [-0.25, -0.2) is 0 Å². The van der Waals surface area contributed by atoms with Gasteiger partial charge in [-0.05, 0) is 31.0 Å². The number of carbonyl (C=O) groups is 2. The fourth-order valence-electron chi connectivity index (χ4n) is 1.67. The van der Waals surface area contributed by atoms with E-state index < -0.39 is 0 Å². The van der Waals surface area contributed by atoms with Crippen molar-refractivity contribution >= 4 is 11.7 Å². The lowest BCUT2D eigenvalue weighted by Crippen LogP contribution is -2.27. The molecule has 0 aromatic heterocycles. The second-order valence-electron chi connectivity index (χ2n) is 4.17. The number of benzene rings is 1. The fourth-order valence-corrected chi connectivity index (χ4v) is 1.67. The van der Waals surface area contributed by atoms with E-state index in [9.17, 15) is 9.59 Å². The molecule has 1 N–H and O–H groups in total. The number of amides is 1. The molecule has 0 aliphatic heterocycles. The van der Waals surface area contributed by atoms with Gasteiger partial charge in [0, 0.05) is 6.54 Å². The molecule has 0 unspecified atom stereocenters. The smallest absolute Gasteiger partial charge is 0.227 e. The summed E-state index contributed by atoms with van der Waals surface area (Å²) in [7, 11) is 3.16. The molecule has 0 radical (unpaired) electrons. The summed E-state index contributed by atoms with van der Waals surface area (Å²) < 4.78 is 10.3. The number of nitrogens with one attached hydrogen (secondary N) is 1. The van der Waals surface area contributed by atoms with Crippen molar-refractivity contribution in [3.63, 3.8) is 0 Å². The van der Waals surface area contributed by atoms with Crippen molar-refractivity contribution in [2.45, 2.75) is 19.8 Å². The van der Waals surface area contributed by atoms with E-state index in [-0.39, 0.29) is 18.1 Å². The van der Waals surface area contributed by atoms with Gasteiger partial charge in [0.2, 0.25) is 5.91 Å². The number of hydrogen-bond donors (Lipinski definition) is 1. The van der Waals surface area contributed by atoms with Gasteiger partial charge >= 0.3 is 0 Å². The van der Waals surface area contributed by atoms with Crippen molar-refractivity contribution in [1.82, 2.24) is 5.32 Å². The maximum absolute atomic E-state index is 11.3. The van der Waals surface area contributed by atoms with Crippen LogP contribution in [0.4, 0.5) is 0 Å². The van der Waals surface area contributed by atoms with Crippen molar-refractivity contribution < 1.29 is 19.1 Å². The van der Waals surface area contributed by atoms with Gasteiger partial charge in [-0.15, -0.1) is 0 Å². The molecule has 104 valence electrons. The van der Waals surface area contributed by atoms with Crippen LogP contribution in [0, 0.1) is 0 Å². The second kappa shape index (κ2) is 7.41. The molecule has 1 rings (SSSR count). The van der Waals surface area contributed by atoms with E-state index >= 15 is 0 Å². The number of ketones is 1. The minimum Gasteiger partial charge on any atom is -0.493 e. The Kier molecular flexibility index (Phi) is 5.85. The quantitative estimate of drug-likeness (QED) is 0.756. The third kappa shape index (κ3) is 4.99. The molecule has 1 amide bonds. The van der Waals surface area contributed by atoms with Crippen LogP contribution in [0.2, 0.25) is 0 Å². The Bertz CT molecular complexity index is 457. The van der Waals surface area contributed by atoms with Crippen molar-refractivity contribution in [2.24, 2.45) is 0 Å². The first-order chi connectivity index (χ1) is 9.06. The number of hydrogen-bond acceptors (Lipinski definition) is 4. The monoisotopic (exact) mass is 265 g/mol. The van der Waals surface area contributed by atoms with E-state index in [1.807, 2.05) is 18.2 Å². The highest BCUT2D eigenvalue weighted by atomic mass is 16.5. The van der Waals surface area contributed by atoms with Gasteiger partial charge in [-0.2, -0.15) is 0 Å². The van der Waals surface area contributed by atoms with Crippen LogP contribution in [-0.4, -0.2) is 32.5 Å². The highest BCUT2D eigenvalue weighted by Crippen LogP contribution is 2.27. The van der Waals surface area contributed by atoms with Crippen LogP contribution in [0.3, 0.4) is 0 Å². The molecule has 0 aliphatic rings. The van der Waals surface area contributed by atoms with Gasteiger partial charge in [0.05, 0.1) is 20.6 Å². The Labute approximate surface area is 112 Å². The molecule has 1 aromatic carbocycles. The van der Waals surface area contributed by atoms with E-state index in [0.717, 1.165) is 5.56 Å². The molecule has 0 bridgehead atoms. The average molecular weight is 265 g/mol. The lowest BCUT2D eigenvalue weighted by Gasteiger charge is -2.10. The van der Waals surface area contributed by atoms with Gasteiger partial charge in [0.1, 0.15) is 5.78 Å². The summed E-state index contributed by atoms with van der Waals surface area (Å²) in [5, 5.41) is 2.70. The maximum atomic E-state index is 11.3. The first kappa shape index (κ1) is 15.0. The van der Waals surface area contributed by atoms with Gasteiger partial charge in [0.15, 0.2) is 11.5 Å². The van der Waals surface area contributed by atoms with E-state index in [1.54, 1.807) is 14.2 Å². The Morgan fingerprint density at radius 1 is 1.16 bits per heavy atom. The molecule has 0 saturated carbocycles. The molecule has 5 heteroatoms. The van der Waals surface area contributed by atoms with Crippen LogP contribution >= 0.6 is 0 Å². The number of carbonyl (C=O) groups excluding carboxylic acids is 2. The predicted octanol–water partition coefficient (Wildman–Crippen LogP) is 1.34. The molecule has 19 heavy (non-hydrogen) atoms. The summed E-state index contributed by atoms with van der Waals surface area (Å²) in [6, 6.07) is 5.61.